The molecule has 3 N–H and O–H groups in total. The fourth-order valence-corrected chi connectivity index (χ4v) is 5.42. The zero-order valence-corrected chi connectivity index (χ0v) is 23.2. The molecule has 2 aliphatic rings. The smallest absolute Gasteiger partial charge is 0.251 e. The molecule has 0 unspecified atom stereocenters. The number of nitrogens with zero attached hydrogens (tertiary/aromatic N) is 5. The molecule has 0 spiro atoms. The van der Waals surface area contributed by atoms with Crippen molar-refractivity contribution in [1.29, 1.82) is 0 Å². The van der Waals surface area contributed by atoms with Gasteiger partial charge in [-0.1, -0.05) is 6.08 Å². The molecule has 1 saturated carbocycles. The predicted octanol–water partition coefficient (Wildman–Crippen LogP) is 2.30. The van der Waals surface area contributed by atoms with E-state index in [2.05, 4.69) is 42.2 Å². The van der Waals surface area contributed by atoms with Crippen molar-refractivity contribution in [3.05, 3.63) is 60.3 Å². The molecule has 3 aromatic heterocycles. The summed E-state index contributed by atoms with van der Waals surface area (Å²) in [5.74, 6) is 1.20. The average Bonchev–Trinajstić information content (AvgIpc) is 3.41. The third-order valence-corrected chi connectivity index (χ3v) is 7.76. The number of carbonyl (C=O) groups excluding carboxylic acids is 2. The molecular formula is C30H36N8O2. The van der Waals surface area contributed by atoms with Gasteiger partial charge in [-0.05, 0) is 69.3 Å². The number of hydrogen-bond acceptors (Lipinski definition) is 6. The summed E-state index contributed by atoms with van der Waals surface area (Å²) in [5, 5.41) is 10.5. The van der Waals surface area contributed by atoms with Gasteiger partial charge in [0.05, 0.1) is 28.8 Å². The quantitative estimate of drug-likeness (QED) is 0.281. The van der Waals surface area contributed by atoms with Crippen LogP contribution < -0.4 is 16.0 Å². The monoisotopic (exact) mass is 540 g/mol. The number of likely N-dealkylation sites (N-methyl/N-ethyl adjacent to an activating group) is 1. The fourth-order valence-electron chi connectivity index (χ4n) is 5.42. The lowest BCUT2D eigenvalue weighted by Gasteiger charge is -2.20. The number of carbonyl (C=O) groups is 2. The summed E-state index contributed by atoms with van der Waals surface area (Å²) in [6.07, 6.45) is 7.71. The molecule has 2 amide bonds. The van der Waals surface area contributed by atoms with E-state index in [9.17, 15) is 9.59 Å². The first-order chi connectivity index (χ1) is 19.4. The second-order valence-corrected chi connectivity index (χ2v) is 11.2. The summed E-state index contributed by atoms with van der Waals surface area (Å²) in [5.41, 5.74) is 4.29. The molecule has 208 valence electrons. The minimum atomic E-state index is -0.209. The summed E-state index contributed by atoms with van der Waals surface area (Å²) in [6, 6.07) is 11.5. The van der Waals surface area contributed by atoms with E-state index in [0.29, 0.717) is 31.1 Å². The number of aromatic nitrogens is 4. The molecule has 4 heterocycles. The first-order valence-corrected chi connectivity index (χ1v) is 13.9. The van der Waals surface area contributed by atoms with Crippen molar-refractivity contribution in [1.82, 2.24) is 40.0 Å². The van der Waals surface area contributed by atoms with Crippen LogP contribution in [-0.2, 0) is 18.4 Å². The van der Waals surface area contributed by atoms with Crippen LogP contribution in [0.25, 0.3) is 33.6 Å². The number of fused-ring (bicyclic) bond motifs is 2. The molecular weight excluding hydrogens is 504 g/mol. The second-order valence-electron chi connectivity index (χ2n) is 11.2. The van der Waals surface area contributed by atoms with Crippen molar-refractivity contribution in [2.24, 2.45) is 13.0 Å². The Kier molecular flexibility index (Phi) is 7.12. The highest BCUT2D eigenvalue weighted by atomic mass is 16.2. The average molecular weight is 541 g/mol. The molecule has 1 aliphatic heterocycles. The van der Waals surface area contributed by atoms with Crippen LogP contribution in [0.3, 0.4) is 0 Å². The van der Waals surface area contributed by atoms with Crippen molar-refractivity contribution in [3.8, 4) is 11.5 Å². The number of benzene rings is 1. The zero-order valence-electron chi connectivity index (χ0n) is 23.2. The third kappa shape index (κ3) is 5.37. The van der Waals surface area contributed by atoms with E-state index in [0.717, 1.165) is 40.1 Å². The minimum Gasteiger partial charge on any atom is -0.346 e. The maximum atomic E-state index is 13.3. The van der Waals surface area contributed by atoms with Crippen molar-refractivity contribution in [3.63, 3.8) is 0 Å². The summed E-state index contributed by atoms with van der Waals surface area (Å²) in [4.78, 5) is 37.2. The van der Waals surface area contributed by atoms with E-state index in [1.165, 1.54) is 12.8 Å². The molecule has 0 radical (unpaired) electrons. The molecule has 6 rings (SSSR count). The number of pyridine rings is 1. The molecule has 1 saturated heterocycles. The van der Waals surface area contributed by atoms with Gasteiger partial charge in [0.1, 0.15) is 5.65 Å². The molecule has 0 bridgehead atoms. The normalized spacial score (nSPS) is 19.3. The van der Waals surface area contributed by atoms with Gasteiger partial charge < -0.3 is 30.0 Å². The van der Waals surface area contributed by atoms with Gasteiger partial charge in [-0.3, -0.25) is 9.59 Å². The largest absolute Gasteiger partial charge is 0.346 e. The van der Waals surface area contributed by atoms with Gasteiger partial charge in [0.15, 0.2) is 5.82 Å². The molecule has 1 aromatic carbocycles. The van der Waals surface area contributed by atoms with Gasteiger partial charge in [-0.15, -0.1) is 0 Å². The molecule has 2 atom stereocenters. The second kappa shape index (κ2) is 10.9. The number of hydrogen-bond donors (Lipinski definition) is 3. The Morgan fingerprint density at radius 3 is 2.70 bits per heavy atom. The van der Waals surface area contributed by atoms with Gasteiger partial charge in [-0.25, -0.2) is 9.97 Å². The number of aryl methyl sites for hydroxylation is 1. The lowest BCUT2D eigenvalue weighted by atomic mass is 10.1. The maximum Gasteiger partial charge on any atom is 0.251 e. The lowest BCUT2D eigenvalue weighted by molar-refractivity contribution is -0.117. The highest BCUT2D eigenvalue weighted by Crippen LogP contribution is 2.35. The fraction of sp³-hybridized carbons (Fsp3) is 0.400. The Balaban J connectivity index is 1.21. The Morgan fingerprint density at radius 1 is 1.12 bits per heavy atom. The van der Waals surface area contributed by atoms with Crippen LogP contribution in [0, 0.1) is 5.92 Å². The molecule has 10 nitrogen and oxygen atoms in total. The van der Waals surface area contributed by atoms with E-state index in [4.69, 9.17) is 4.98 Å². The van der Waals surface area contributed by atoms with E-state index < -0.39 is 0 Å². The number of rotatable bonds is 9. The van der Waals surface area contributed by atoms with E-state index >= 15 is 0 Å². The molecule has 2 fully saturated rings. The molecule has 10 heteroatoms. The molecule has 1 aliphatic carbocycles. The lowest BCUT2D eigenvalue weighted by Crippen LogP contribution is -2.50. The third-order valence-electron chi connectivity index (χ3n) is 7.76. The van der Waals surface area contributed by atoms with E-state index in [1.807, 2.05) is 62.6 Å². The number of imidazole rings is 1. The summed E-state index contributed by atoms with van der Waals surface area (Å²) in [7, 11) is 5.91. The van der Waals surface area contributed by atoms with E-state index in [-0.39, 0.29) is 23.9 Å². The SMILES string of the molecule is CN(C)C/C=C/C(=O)N[C@H]1CNC[C@@H]1NC(=O)c1ccc2c(c1)nc(-c1cc3cccnc3n1CC1CC1)n2C. The summed E-state index contributed by atoms with van der Waals surface area (Å²) < 4.78 is 4.38. The van der Waals surface area contributed by atoms with E-state index in [1.54, 1.807) is 6.08 Å². The van der Waals surface area contributed by atoms with Crippen LogP contribution in [0.5, 0.6) is 0 Å². The minimum absolute atomic E-state index is 0.161. The van der Waals surface area contributed by atoms with Crippen molar-refractivity contribution < 1.29 is 9.59 Å². The Labute approximate surface area is 233 Å². The molecule has 4 aromatic rings. The Bertz CT molecular complexity index is 1600. The first-order valence-electron chi connectivity index (χ1n) is 13.9. The first kappa shape index (κ1) is 26.2. The number of nitrogens with one attached hydrogen (secondary N) is 3. The van der Waals surface area contributed by atoms with Crippen LogP contribution >= 0.6 is 0 Å². The summed E-state index contributed by atoms with van der Waals surface area (Å²) in [6.45, 7) is 2.82. The zero-order chi connectivity index (χ0) is 27.8. The van der Waals surface area contributed by atoms with Crippen LogP contribution in [0.15, 0.2) is 54.7 Å². The van der Waals surface area contributed by atoms with Gasteiger partial charge in [0.2, 0.25) is 5.91 Å². The molecule has 40 heavy (non-hydrogen) atoms. The van der Waals surface area contributed by atoms with Crippen molar-refractivity contribution >= 4 is 33.9 Å². The topological polar surface area (TPSA) is 109 Å². The van der Waals surface area contributed by atoms with Gasteiger partial charge in [0.25, 0.3) is 5.91 Å². The van der Waals surface area contributed by atoms with Gasteiger partial charge in [0, 0.05) is 56.4 Å². The summed E-state index contributed by atoms with van der Waals surface area (Å²) >= 11 is 0. The van der Waals surface area contributed by atoms with Crippen LogP contribution in [-0.4, -0.2) is 81.6 Å². The van der Waals surface area contributed by atoms with Gasteiger partial charge in [-0.2, -0.15) is 0 Å². The van der Waals surface area contributed by atoms with Crippen molar-refractivity contribution in [2.45, 2.75) is 31.5 Å². The van der Waals surface area contributed by atoms with Crippen LogP contribution in [0.4, 0.5) is 0 Å². The Morgan fingerprint density at radius 2 is 1.93 bits per heavy atom. The maximum absolute atomic E-state index is 13.3. The van der Waals surface area contributed by atoms with Crippen molar-refractivity contribution in [2.75, 3.05) is 33.7 Å². The van der Waals surface area contributed by atoms with Gasteiger partial charge >= 0.3 is 0 Å². The highest BCUT2D eigenvalue weighted by molar-refractivity contribution is 5.98. The Hall–Kier alpha value is -4.02. The van der Waals surface area contributed by atoms with Crippen LogP contribution in [0.2, 0.25) is 0 Å². The predicted molar refractivity (Wildman–Crippen MR) is 156 cm³/mol. The number of amides is 2. The standard InChI is InChI=1S/C30H36N8O2/c1-36(2)13-5-7-27(39)33-23-16-31-17-24(23)35-30(40)21-10-11-25-22(14-21)34-29(37(25)3)26-15-20-6-4-12-32-28(20)38(26)18-19-8-9-19/h4-7,10-12,14-15,19,23-24,31H,8-9,13,16-18H2,1-3H3,(H,33,39)(H,35,40)/b7-5+/t23-,24-/m0/s1. The van der Waals surface area contributed by atoms with Crippen LogP contribution in [0.1, 0.15) is 23.2 Å². The highest BCUT2D eigenvalue weighted by Gasteiger charge is 2.30.